The summed E-state index contributed by atoms with van der Waals surface area (Å²) in [5.41, 5.74) is 1.49. The monoisotopic (exact) mass is 590 g/mol. The lowest BCUT2D eigenvalue weighted by molar-refractivity contribution is -0.136. The molecule has 0 amide bonds. The van der Waals surface area contributed by atoms with Gasteiger partial charge in [0, 0.05) is 48.0 Å². The molecule has 1 fully saturated rings. The van der Waals surface area contributed by atoms with Crippen LogP contribution >= 0.6 is 22.9 Å². The largest absolute Gasteiger partial charge is 0.466 e. The van der Waals surface area contributed by atoms with E-state index in [9.17, 15) is 23.8 Å². The number of aliphatic hydroxyl groups excluding tert-OH is 1. The van der Waals surface area contributed by atoms with E-state index in [4.69, 9.17) is 16.3 Å². The molecule has 0 bridgehead atoms. The van der Waals surface area contributed by atoms with Crippen molar-refractivity contribution in [2.45, 2.75) is 32.1 Å². The second-order valence-electron chi connectivity index (χ2n) is 9.30. The lowest BCUT2D eigenvalue weighted by Crippen LogP contribution is -2.42. The average molecular weight is 591 g/mol. The first kappa shape index (κ1) is 28.0. The fourth-order valence-electron chi connectivity index (χ4n) is 4.88. The summed E-state index contributed by atoms with van der Waals surface area (Å²) in [5, 5.41) is 24.4. The lowest BCUT2D eigenvalue weighted by atomic mass is 9.85. The van der Waals surface area contributed by atoms with E-state index in [0.717, 1.165) is 6.07 Å². The molecular weight excluding hydrogens is 566 g/mol. The van der Waals surface area contributed by atoms with Gasteiger partial charge in [0.05, 0.1) is 17.7 Å². The predicted molar refractivity (Wildman–Crippen MR) is 144 cm³/mol. The van der Waals surface area contributed by atoms with E-state index in [1.807, 2.05) is 4.90 Å². The van der Waals surface area contributed by atoms with Crippen molar-refractivity contribution in [2.24, 2.45) is 10.9 Å². The minimum absolute atomic E-state index is 0.120. The van der Waals surface area contributed by atoms with Crippen molar-refractivity contribution in [3.8, 4) is 0 Å². The highest BCUT2D eigenvalue weighted by atomic mass is 35.5. The molecular formula is C26H25ClF2N6O4S. The minimum Gasteiger partial charge on any atom is -0.466 e. The van der Waals surface area contributed by atoms with Gasteiger partial charge in [-0.1, -0.05) is 17.7 Å². The number of aliphatic hydroxyl groups is 2. The van der Waals surface area contributed by atoms with Crippen LogP contribution in [-0.2, 0) is 9.53 Å². The molecule has 2 aliphatic rings. The molecule has 40 heavy (non-hydrogen) atoms. The summed E-state index contributed by atoms with van der Waals surface area (Å²) < 4.78 is 33.6. The number of aliphatic imine (C=N–C) groups is 1. The number of amidine groups is 1. The van der Waals surface area contributed by atoms with Crippen LogP contribution in [0.5, 0.6) is 0 Å². The van der Waals surface area contributed by atoms with E-state index in [1.54, 1.807) is 18.5 Å². The Bertz CT molecular complexity index is 1490. The molecule has 0 spiro atoms. The number of hydrogen-bond acceptors (Lipinski definition) is 11. The first-order chi connectivity index (χ1) is 19.2. The molecule has 1 unspecified atom stereocenters. The molecule has 3 N–H and O–H groups in total. The lowest BCUT2D eigenvalue weighted by Gasteiger charge is -2.36. The van der Waals surface area contributed by atoms with Gasteiger partial charge in [-0.05, 0) is 31.4 Å². The van der Waals surface area contributed by atoms with Gasteiger partial charge >= 0.3 is 5.97 Å². The Hall–Kier alpha value is -3.52. The third-order valence-corrected chi connectivity index (χ3v) is 8.07. The average Bonchev–Trinajstić information content (AvgIpc) is 3.50. The summed E-state index contributed by atoms with van der Waals surface area (Å²) in [7, 11) is 1.24. The van der Waals surface area contributed by atoms with E-state index in [-0.39, 0.29) is 22.7 Å². The minimum atomic E-state index is -1.72. The van der Waals surface area contributed by atoms with Gasteiger partial charge < -0.3 is 25.2 Å². The second kappa shape index (κ2) is 11.5. The first-order valence-corrected chi connectivity index (χ1v) is 13.6. The number of hydrogen-bond donors (Lipinski definition) is 3. The molecule has 14 heteroatoms. The van der Waals surface area contributed by atoms with Gasteiger partial charge in [-0.3, -0.25) is 4.99 Å². The Morgan fingerprint density at radius 2 is 2.00 bits per heavy atom. The number of nitrogens with zero attached hydrogens (tertiary/aromatic N) is 5. The van der Waals surface area contributed by atoms with Gasteiger partial charge in [0.15, 0.2) is 28.8 Å². The van der Waals surface area contributed by atoms with Crippen LogP contribution in [0.1, 0.15) is 47.0 Å². The number of benzene rings is 1. The SMILES string of the molecule is COC(=O)C1=C(C2CCN(c3ncc(C)c(C(O)O)n3)CC2)NC(c2nccs2)=NC1c1ccc(F)c(F)c1Cl. The summed E-state index contributed by atoms with van der Waals surface area (Å²) in [4.78, 5) is 32.8. The molecule has 4 heterocycles. The molecule has 2 aliphatic heterocycles. The van der Waals surface area contributed by atoms with Crippen LogP contribution in [0.2, 0.25) is 5.02 Å². The highest BCUT2D eigenvalue weighted by Gasteiger charge is 2.38. The molecule has 1 atom stereocenters. The third kappa shape index (κ3) is 5.29. The normalized spacial score (nSPS) is 18.1. The number of allylic oxidation sites excluding steroid dienone is 1. The van der Waals surface area contributed by atoms with E-state index >= 15 is 0 Å². The van der Waals surface area contributed by atoms with Crippen LogP contribution in [0.3, 0.4) is 0 Å². The molecule has 10 nitrogen and oxygen atoms in total. The number of nitrogens with one attached hydrogen (secondary N) is 1. The number of esters is 1. The van der Waals surface area contributed by atoms with Gasteiger partial charge in [-0.2, -0.15) is 0 Å². The smallest absolute Gasteiger partial charge is 0.338 e. The number of ether oxygens (including phenoxy) is 1. The predicted octanol–water partition coefficient (Wildman–Crippen LogP) is 3.59. The number of carbonyl (C=O) groups is 1. The topological polar surface area (TPSA) is 133 Å². The molecule has 0 saturated carbocycles. The van der Waals surface area contributed by atoms with E-state index in [1.165, 1.54) is 30.7 Å². The molecule has 210 valence electrons. The summed E-state index contributed by atoms with van der Waals surface area (Å²) in [6, 6.07) is 1.19. The van der Waals surface area contributed by atoms with Crippen LogP contribution in [0.4, 0.5) is 14.7 Å². The molecule has 0 radical (unpaired) electrons. The standard InChI is InChI=1S/C26H25ClF2N6O4S/c1-12-11-31-26(34-19(12)24(36)37)35-8-5-13(6-9-35)20-16(25(38)39-2)21(14-3-4-15(28)18(29)17(14)27)33-22(32-20)23-30-7-10-40-23/h3-4,7,10-11,13,21,24,36-37H,5-6,8-9H2,1-2H3,(H,32,33). The van der Waals surface area contributed by atoms with Crippen molar-refractivity contribution in [1.82, 2.24) is 20.3 Å². The van der Waals surface area contributed by atoms with Crippen molar-refractivity contribution < 1.29 is 28.5 Å². The maximum absolute atomic E-state index is 14.5. The highest BCUT2D eigenvalue weighted by molar-refractivity contribution is 7.11. The number of carbonyl (C=O) groups excluding carboxylic acids is 1. The molecule has 1 aromatic carbocycles. The number of piperidine rings is 1. The van der Waals surface area contributed by atoms with Crippen molar-refractivity contribution in [2.75, 3.05) is 25.1 Å². The van der Waals surface area contributed by atoms with Crippen molar-refractivity contribution in [3.63, 3.8) is 0 Å². The number of thiazole rings is 1. The molecule has 3 aromatic rings. The molecule has 1 saturated heterocycles. The Kier molecular flexibility index (Phi) is 8.08. The molecule has 5 rings (SSSR count). The summed E-state index contributed by atoms with van der Waals surface area (Å²) in [5.74, 6) is -2.47. The Morgan fingerprint density at radius 3 is 2.65 bits per heavy atom. The maximum Gasteiger partial charge on any atom is 0.338 e. The Labute approximate surface area is 237 Å². The summed E-state index contributed by atoms with van der Waals surface area (Å²) in [6.07, 6.45) is 2.54. The van der Waals surface area contributed by atoms with E-state index in [0.29, 0.717) is 54.0 Å². The van der Waals surface area contributed by atoms with Crippen LogP contribution in [-0.4, -0.2) is 57.2 Å². The number of methoxy groups -OCH3 is 1. The van der Waals surface area contributed by atoms with Gasteiger partial charge in [0.25, 0.3) is 0 Å². The van der Waals surface area contributed by atoms with Crippen LogP contribution < -0.4 is 10.2 Å². The van der Waals surface area contributed by atoms with Gasteiger partial charge in [0.1, 0.15) is 11.7 Å². The first-order valence-electron chi connectivity index (χ1n) is 12.3. The van der Waals surface area contributed by atoms with Gasteiger partial charge in [-0.15, -0.1) is 11.3 Å². The van der Waals surface area contributed by atoms with Crippen LogP contribution in [0.25, 0.3) is 0 Å². The highest BCUT2D eigenvalue weighted by Crippen LogP contribution is 2.41. The van der Waals surface area contributed by atoms with Gasteiger partial charge in [0.2, 0.25) is 5.95 Å². The van der Waals surface area contributed by atoms with Crippen LogP contribution in [0.15, 0.2) is 46.2 Å². The van der Waals surface area contributed by atoms with E-state index in [2.05, 4.69) is 25.3 Å². The second-order valence-corrected chi connectivity index (χ2v) is 10.6. The summed E-state index contributed by atoms with van der Waals surface area (Å²) >= 11 is 7.56. The number of aromatic nitrogens is 3. The van der Waals surface area contributed by atoms with Crippen molar-refractivity contribution >= 4 is 40.7 Å². The number of halogens is 3. The zero-order valence-corrected chi connectivity index (χ0v) is 23.0. The zero-order valence-electron chi connectivity index (χ0n) is 21.4. The fraction of sp³-hybridized carbons (Fsp3) is 0.346. The molecule has 0 aliphatic carbocycles. The Balaban J connectivity index is 1.52. The van der Waals surface area contributed by atoms with Crippen LogP contribution in [0, 0.1) is 24.5 Å². The Morgan fingerprint density at radius 1 is 1.25 bits per heavy atom. The third-order valence-electron chi connectivity index (χ3n) is 6.90. The number of aryl methyl sites for hydroxylation is 1. The van der Waals surface area contributed by atoms with E-state index < -0.39 is 35.0 Å². The number of rotatable bonds is 6. The maximum atomic E-state index is 14.5. The molecule has 2 aromatic heterocycles. The van der Waals surface area contributed by atoms with Crippen molar-refractivity contribution in [1.29, 1.82) is 0 Å². The quantitative estimate of drug-likeness (QED) is 0.224. The summed E-state index contributed by atoms with van der Waals surface area (Å²) in [6.45, 7) is 2.68. The zero-order chi connectivity index (χ0) is 28.6. The fourth-order valence-corrected chi connectivity index (χ4v) is 5.72. The van der Waals surface area contributed by atoms with Crippen molar-refractivity contribution in [3.05, 3.63) is 79.7 Å². The number of anilines is 1. The van der Waals surface area contributed by atoms with Gasteiger partial charge in [-0.25, -0.2) is 28.5 Å².